The zero-order chi connectivity index (χ0) is 9.90. The van der Waals surface area contributed by atoms with Gasteiger partial charge in [-0.15, -0.1) is 0 Å². The van der Waals surface area contributed by atoms with Crippen LogP contribution in [0.25, 0.3) is 0 Å². The van der Waals surface area contributed by atoms with Crippen LogP contribution in [0.3, 0.4) is 0 Å². The van der Waals surface area contributed by atoms with Crippen molar-refractivity contribution >= 4 is 7.82 Å². The average molecular weight is 208 g/mol. The van der Waals surface area contributed by atoms with E-state index in [2.05, 4.69) is 13.5 Å². The van der Waals surface area contributed by atoms with Crippen LogP contribution in [0.15, 0.2) is 16.9 Å². The maximum Gasteiger partial charge on any atom is 0.527 e. The maximum absolute atomic E-state index is 10.9. The van der Waals surface area contributed by atoms with Crippen LogP contribution >= 0.6 is 7.82 Å². The Kier molecular flexibility index (Phi) is 3.11. The van der Waals surface area contributed by atoms with Crippen molar-refractivity contribution in [2.24, 2.45) is 0 Å². The summed E-state index contributed by atoms with van der Waals surface area (Å²) in [6, 6.07) is 0. The first-order valence-corrected chi connectivity index (χ1v) is 4.82. The summed E-state index contributed by atoms with van der Waals surface area (Å²) in [4.78, 5) is 8.90. The van der Waals surface area contributed by atoms with E-state index in [1.165, 1.54) is 6.26 Å². The molecule has 0 aliphatic rings. The molecular weight excluding hydrogens is 199 g/mol. The molecule has 1 atom stereocenters. The molecule has 0 fully saturated rings. The van der Waals surface area contributed by atoms with Gasteiger partial charge in [0.2, 0.25) is 0 Å². The zero-order valence-corrected chi connectivity index (χ0v) is 7.73. The van der Waals surface area contributed by atoms with E-state index in [1.54, 1.807) is 0 Å². The molecule has 0 aliphatic heterocycles. The van der Waals surface area contributed by atoms with Gasteiger partial charge in [0.1, 0.15) is 6.26 Å². The smallest absolute Gasteiger partial charge is 0.468 e. The Labute approximate surface area is 74.3 Å². The molecule has 0 spiro atoms. The molecule has 0 aliphatic carbocycles. The van der Waals surface area contributed by atoms with E-state index in [1.807, 2.05) is 0 Å². The van der Waals surface area contributed by atoms with Crippen molar-refractivity contribution in [1.82, 2.24) is 0 Å². The van der Waals surface area contributed by atoms with E-state index in [4.69, 9.17) is 10.00 Å². The van der Waals surface area contributed by atoms with Gasteiger partial charge in [-0.2, -0.15) is 0 Å². The van der Waals surface area contributed by atoms with Crippen molar-refractivity contribution < 1.29 is 28.0 Å². The lowest BCUT2D eigenvalue weighted by molar-refractivity contribution is 0.237. The number of phosphoric ester groups is 1. The second-order valence-electron chi connectivity index (χ2n) is 2.16. The normalized spacial score (nSPS) is 15.3. The molecule has 0 saturated carbocycles. The number of rotatable bonds is 4. The second kappa shape index (κ2) is 3.93. The summed E-state index contributed by atoms with van der Waals surface area (Å²) in [6.45, 7) is -0.338. The predicted molar refractivity (Wildman–Crippen MR) is 42.1 cm³/mol. The highest BCUT2D eigenvalue weighted by Gasteiger charge is 2.22. The van der Waals surface area contributed by atoms with E-state index >= 15 is 0 Å². The van der Waals surface area contributed by atoms with Crippen molar-refractivity contribution in [2.75, 3.05) is 7.11 Å². The summed E-state index contributed by atoms with van der Waals surface area (Å²) >= 11 is 0. The molecule has 0 radical (unpaired) electrons. The number of aliphatic hydroxyl groups is 1. The molecule has 1 rings (SSSR count). The van der Waals surface area contributed by atoms with Crippen LogP contribution in [0.4, 0.5) is 0 Å². The highest BCUT2D eigenvalue weighted by atomic mass is 31.2. The van der Waals surface area contributed by atoms with Gasteiger partial charge >= 0.3 is 7.82 Å². The lowest BCUT2D eigenvalue weighted by atomic mass is 10.3. The largest absolute Gasteiger partial charge is 0.527 e. The van der Waals surface area contributed by atoms with Crippen molar-refractivity contribution in [3.05, 3.63) is 18.1 Å². The van der Waals surface area contributed by atoms with Gasteiger partial charge in [0.05, 0.1) is 18.4 Å². The van der Waals surface area contributed by atoms with Crippen LogP contribution in [-0.4, -0.2) is 17.1 Å². The summed E-state index contributed by atoms with van der Waals surface area (Å²) in [5, 5.41) is 8.72. The highest BCUT2D eigenvalue weighted by Crippen LogP contribution is 2.43. The molecule has 0 aromatic carbocycles. The monoisotopic (exact) mass is 208 g/mol. The van der Waals surface area contributed by atoms with Crippen LogP contribution in [0.5, 0.6) is 5.75 Å². The second-order valence-corrected chi connectivity index (χ2v) is 3.65. The molecule has 74 valence electrons. The van der Waals surface area contributed by atoms with Crippen molar-refractivity contribution in [1.29, 1.82) is 0 Å². The summed E-state index contributed by atoms with van der Waals surface area (Å²) in [6.07, 6.45) is 2.32. The van der Waals surface area contributed by atoms with Gasteiger partial charge in [-0.1, -0.05) is 0 Å². The zero-order valence-electron chi connectivity index (χ0n) is 6.84. The Morgan fingerprint density at radius 1 is 1.62 bits per heavy atom. The fourth-order valence-corrected chi connectivity index (χ4v) is 1.15. The quantitative estimate of drug-likeness (QED) is 0.714. The van der Waals surface area contributed by atoms with Crippen molar-refractivity contribution in [3.8, 4) is 5.75 Å². The lowest BCUT2D eigenvalue weighted by Crippen LogP contribution is -1.94. The number of hydrogen-bond acceptors (Lipinski definition) is 5. The molecule has 1 unspecified atom stereocenters. The molecule has 1 heterocycles. The SMILES string of the molecule is COP(=O)(O)Oc1cocc1CO. The van der Waals surface area contributed by atoms with Gasteiger partial charge in [-0.25, -0.2) is 4.57 Å². The molecule has 1 aromatic heterocycles. The lowest BCUT2D eigenvalue weighted by Gasteiger charge is -2.08. The van der Waals surface area contributed by atoms with Crippen LogP contribution in [0.1, 0.15) is 5.56 Å². The predicted octanol–water partition coefficient (Wildman–Crippen LogP) is 0.897. The van der Waals surface area contributed by atoms with Crippen LogP contribution in [0, 0.1) is 0 Å². The fourth-order valence-electron chi connectivity index (χ4n) is 0.669. The first-order chi connectivity index (χ1) is 6.09. The van der Waals surface area contributed by atoms with Gasteiger partial charge in [0.15, 0.2) is 5.75 Å². The maximum atomic E-state index is 10.9. The third-order valence-corrected chi connectivity index (χ3v) is 2.21. The van der Waals surface area contributed by atoms with Crippen molar-refractivity contribution in [2.45, 2.75) is 6.61 Å². The molecule has 6 nitrogen and oxygen atoms in total. The van der Waals surface area contributed by atoms with Gasteiger partial charge < -0.3 is 14.0 Å². The van der Waals surface area contributed by atoms with Crippen LogP contribution < -0.4 is 4.52 Å². The van der Waals surface area contributed by atoms with E-state index < -0.39 is 7.82 Å². The summed E-state index contributed by atoms with van der Waals surface area (Å²) in [7, 11) is -3.03. The van der Waals surface area contributed by atoms with Gasteiger partial charge in [0.25, 0.3) is 0 Å². The molecule has 7 heteroatoms. The summed E-state index contributed by atoms with van der Waals surface area (Å²) in [5.41, 5.74) is 0.284. The van der Waals surface area contributed by atoms with Crippen molar-refractivity contribution in [3.63, 3.8) is 0 Å². The highest BCUT2D eigenvalue weighted by molar-refractivity contribution is 7.47. The number of hydrogen-bond donors (Lipinski definition) is 2. The van der Waals surface area contributed by atoms with Gasteiger partial charge in [-0.3, -0.25) is 9.42 Å². The Morgan fingerprint density at radius 3 is 2.85 bits per heavy atom. The van der Waals surface area contributed by atoms with E-state index in [9.17, 15) is 4.57 Å². The minimum atomic E-state index is -4.07. The third kappa shape index (κ3) is 2.57. The number of furan rings is 1. The molecule has 0 bridgehead atoms. The third-order valence-electron chi connectivity index (χ3n) is 1.32. The van der Waals surface area contributed by atoms with Gasteiger partial charge in [0, 0.05) is 7.11 Å². The molecule has 1 aromatic rings. The topological polar surface area (TPSA) is 89.1 Å². The molecule has 0 saturated heterocycles. The first kappa shape index (κ1) is 10.3. The van der Waals surface area contributed by atoms with E-state index in [0.717, 1.165) is 13.4 Å². The number of phosphoric acid groups is 1. The van der Waals surface area contributed by atoms with Gasteiger partial charge in [-0.05, 0) is 0 Å². The Hall–Kier alpha value is -0.810. The minimum absolute atomic E-state index is 0.00446. The van der Waals surface area contributed by atoms with E-state index in [0.29, 0.717) is 0 Å². The Bertz CT molecular complexity index is 319. The molecular formula is C6H9O6P. The van der Waals surface area contributed by atoms with E-state index in [-0.39, 0.29) is 17.9 Å². The number of aliphatic hydroxyl groups excluding tert-OH is 1. The van der Waals surface area contributed by atoms with Crippen LogP contribution in [-0.2, 0) is 15.7 Å². The molecule has 0 amide bonds. The molecule has 2 N–H and O–H groups in total. The van der Waals surface area contributed by atoms with Crippen LogP contribution in [0.2, 0.25) is 0 Å². The molecule has 13 heavy (non-hydrogen) atoms. The standard InChI is InChI=1S/C6H9O6P/c1-10-13(8,9)12-6-4-11-3-5(6)2-7/h3-4,7H,2H2,1H3,(H,8,9). The summed E-state index contributed by atoms with van der Waals surface area (Å²) in [5.74, 6) is -0.00446. The first-order valence-electron chi connectivity index (χ1n) is 3.33. The average Bonchev–Trinajstić information content (AvgIpc) is 2.51. The minimum Gasteiger partial charge on any atom is -0.468 e. The summed E-state index contributed by atoms with van der Waals surface area (Å²) < 4.78 is 24.3. The Morgan fingerprint density at radius 2 is 2.31 bits per heavy atom. The Balaban J connectivity index is 2.79. The fraction of sp³-hybridized carbons (Fsp3) is 0.333.